The molecule has 0 aliphatic heterocycles. The molecule has 2 heterocycles. The Morgan fingerprint density at radius 2 is 1.71 bits per heavy atom. The van der Waals surface area contributed by atoms with Gasteiger partial charge in [0.25, 0.3) is 5.56 Å². The highest BCUT2D eigenvalue weighted by Crippen LogP contribution is 2.27. The third-order valence-electron chi connectivity index (χ3n) is 5.42. The van der Waals surface area contributed by atoms with Gasteiger partial charge < -0.3 is 16.0 Å². The first-order chi connectivity index (χ1) is 16.7. The zero-order valence-electron chi connectivity index (χ0n) is 19.1. The number of benzene rings is 2. The number of aromatic nitrogens is 2. The molecule has 3 N–H and O–H groups in total. The number of fused-ring (bicyclic) bond motifs is 1. The minimum Gasteiger partial charge on any atom is -0.373 e. The van der Waals surface area contributed by atoms with E-state index in [1.165, 1.54) is 18.3 Å². The van der Waals surface area contributed by atoms with Crippen molar-refractivity contribution in [1.82, 2.24) is 9.55 Å². The molecule has 0 atom stereocenters. The molecule has 10 heteroatoms. The Labute approximate surface area is 198 Å². The molecule has 0 unspecified atom stereocenters. The predicted octanol–water partition coefficient (Wildman–Crippen LogP) is 5.61. The number of amides is 2. The van der Waals surface area contributed by atoms with Crippen LogP contribution in [-0.2, 0) is 0 Å². The average molecular weight is 481 g/mol. The average Bonchev–Trinajstić information content (AvgIpc) is 2.81. The number of carbonyl (C=O) groups is 1. The van der Waals surface area contributed by atoms with E-state index in [0.717, 1.165) is 22.8 Å². The molecule has 7 nitrogen and oxygen atoms in total. The van der Waals surface area contributed by atoms with Crippen molar-refractivity contribution in [1.29, 1.82) is 0 Å². The van der Waals surface area contributed by atoms with Crippen molar-refractivity contribution in [2.24, 2.45) is 0 Å². The molecule has 4 aromatic rings. The van der Waals surface area contributed by atoms with E-state index in [1.54, 1.807) is 19.3 Å². The van der Waals surface area contributed by atoms with Gasteiger partial charge in [-0.2, -0.15) is 0 Å². The fourth-order valence-corrected chi connectivity index (χ4v) is 3.75. The Morgan fingerprint density at radius 3 is 2.37 bits per heavy atom. The van der Waals surface area contributed by atoms with Gasteiger partial charge in [0.2, 0.25) is 0 Å². The normalized spacial score (nSPS) is 11.1. The van der Waals surface area contributed by atoms with E-state index >= 15 is 0 Å². The maximum atomic E-state index is 14.9. The number of rotatable bonds is 5. The standard InChI is InChI=1S/C25H22F3N5O2/c1-13(2)23-17-8-22(29-3)30-11-14(17)12-33(24(23)34)21-10-20(18(27)9-19(21)28)32-25(35)31-16-6-4-15(26)5-7-16/h4-13,29H,1-3H3,(H2,31,32,35). The summed E-state index contributed by atoms with van der Waals surface area (Å²) in [6, 6.07) is 7.51. The number of pyridine rings is 2. The summed E-state index contributed by atoms with van der Waals surface area (Å²) in [7, 11) is 1.71. The van der Waals surface area contributed by atoms with Gasteiger partial charge >= 0.3 is 6.03 Å². The van der Waals surface area contributed by atoms with Gasteiger partial charge in [0.05, 0.1) is 11.4 Å². The van der Waals surface area contributed by atoms with Gasteiger partial charge in [-0.05, 0) is 47.7 Å². The first kappa shape index (κ1) is 23.8. The van der Waals surface area contributed by atoms with Crippen LogP contribution >= 0.6 is 0 Å². The van der Waals surface area contributed by atoms with E-state index in [4.69, 9.17) is 0 Å². The molecule has 0 radical (unpaired) electrons. The lowest BCUT2D eigenvalue weighted by Gasteiger charge is -2.17. The Bertz CT molecular complexity index is 1480. The fourth-order valence-electron chi connectivity index (χ4n) is 3.75. The van der Waals surface area contributed by atoms with E-state index in [0.29, 0.717) is 28.2 Å². The smallest absolute Gasteiger partial charge is 0.323 e. The van der Waals surface area contributed by atoms with Gasteiger partial charge in [0.15, 0.2) is 0 Å². The highest BCUT2D eigenvalue weighted by molar-refractivity contribution is 6.00. The molecule has 0 saturated carbocycles. The van der Waals surface area contributed by atoms with Crippen LogP contribution in [-0.4, -0.2) is 22.6 Å². The molecule has 2 aromatic carbocycles. The van der Waals surface area contributed by atoms with Gasteiger partial charge in [-0.3, -0.25) is 9.36 Å². The lowest BCUT2D eigenvalue weighted by Crippen LogP contribution is -2.25. The lowest BCUT2D eigenvalue weighted by molar-refractivity contribution is 0.262. The number of nitrogens with zero attached hydrogens (tertiary/aromatic N) is 2. The number of hydrogen-bond donors (Lipinski definition) is 3. The van der Waals surface area contributed by atoms with Crippen molar-refractivity contribution in [3.63, 3.8) is 0 Å². The van der Waals surface area contributed by atoms with Gasteiger partial charge in [0, 0.05) is 42.1 Å². The minimum absolute atomic E-state index is 0.202. The largest absolute Gasteiger partial charge is 0.373 e. The number of carbonyl (C=O) groups excluding carboxylic acids is 1. The predicted molar refractivity (Wildman–Crippen MR) is 130 cm³/mol. The summed E-state index contributed by atoms with van der Waals surface area (Å²) in [5.74, 6) is -2.12. The molecule has 0 saturated heterocycles. The van der Waals surface area contributed by atoms with E-state index in [2.05, 4.69) is 20.9 Å². The third-order valence-corrected chi connectivity index (χ3v) is 5.42. The molecule has 0 spiro atoms. The van der Waals surface area contributed by atoms with Crippen LogP contribution in [0, 0.1) is 17.5 Å². The summed E-state index contributed by atoms with van der Waals surface area (Å²) in [6.45, 7) is 3.68. The molecular formula is C25H22F3N5O2. The van der Waals surface area contributed by atoms with Crippen molar-refractivity contribution in [3.05, 3.63) is 88.2 Å². The van der Waals surface area contributed by atoms with E-state index in [-0.39, 0.29) is 23.0 Å². The van der Waals surface area contributed by atoms with E-state index in [9.17, 15) is 22.8 Å². The van der Waals surface area contributed by atoms with Crippen LogP contribution in [0.1, 0.15) is 25.3 Å². The van der Waals surface area contributed by atoms with Crippen molar-refractivity contribution in [2.75, 3.05) is 23.0 Å². The Kier molecular flexibility index (Phi) is 6.46. The van der Waals surface area contributed by atoms with Crippen molar-refractivity contribution >= 4 is 34.0 Å². The quantitative estimate of drug-likeness (QED) is 0.346. The Hall–Kier alpha value is -4.34. The van der Waals surface area contributed by atoms with Crippen LogP contribution in [0.4, 0.5) is 35.2 Å². The molecule has 2 aromatic heterocycles. The second-order valence-corrected chi connectivity index (χ2v) is 8.15. The summed E-state index contributed by atoms with van der Waals surface area (Å²) < 4.78 is 43.5. The highest BCUT2D eigenvalue weighted by Gasteiger charge is 2.19. The second kappa shape index (κ2) is 9.49. The molecule has 0 bridgehead atoms. The molecule has 0 aliphatic rings. The summed E-state index contributed by atoms with van der Waals surface area (Å²) in [6.07, 6.45) is 2.98. The van der Waals surface area contributed by atoms with E-state index in [1.807, 2.05) is 13.8 Å². The highest BCUT2D eigenvalue weighted by atomic mass is 19.1. The molecule has 35 heavy (non-hydrogen) atoms. The first-order valence-corrected chi connectivity index (χ1v) is 10.7. The zero-order chi connectivity index (χ0) is 25.3. The van der Waals surface area contributed by atoms with Crippen molar-refractivity contribution in [2.45, 2.75) is 19.8 Å². The topological polar surface area (TPSA) is 88.0 Å². The third kappa shape index (κ3) is 4.81. The monoisotopic (exact) mass is 481 g/mol. The number of anilines is 3. The molecule has 0 aliphatic carbocycles. The summed E-state index contributed by atoms with van der Waals surface area (Å²) >= 11 is 0. The van der Waals surface area contributed by atoms with Crippen molar-refractivity contribution < 1.29 is 18.0 Å². The number of nitrogens with one attached hydrogen (secondary N) is 3. The summed E-state index contributed by atoms with van der Waals surface area (Å²) in [4.78, 5) is 30.0. The lowest BCUT2D eigenvalue weighted by atomic mass is 9.99. The van der Waals surface area contributed by atoms with Gasteiger partial charge in [-0.15, -0.1) is 0 Å². The molecule has 4 rings (SSSR count). The van der Waals surface area contributed by atoms with Gasteiger partial charge in [-0.1, -0.05) is 13.8 Å². The summed E-state index contributed by atoms with van der Waals surface area (Å²) in [5.41, 5.74) is -0.355. The maximum Gasteiger partial charge on any atom is 0.323 e. The minimum atomic E-state index is -1.03. The number of halogens is 3. The number of hydrogen-bond acceptors (Lipinski definition) is 4. The number of urea groups is 1. The molecule has 2 amide bonds. The van der Waals surface area contributed by atoms with Crippen molar-refractivity contribution in [3.8, 4) is 5.69 Å². The van der Waals surface area contributed by atoms with Crippen LogP contribution in [0.25, 0.3) is 16.5 Å². The second-order valence-electron chi connectivity index (χ2n) is 8.15. The Morgan fingerprint density at radius 1 is 1.00 bits per heavy atom. The molecule has 180 valence electrons. The maximum absolute atomic E-state index is 14.9. The zero-order valence-corrected chi connectivity index (χ0v) is 19.1. The summed E-state index contributed by atoms with van der Waals surface area (Å²) in [5, 5.41) is 8.90. The van der Waals surface area contributed by atoms with Crippen LogP contribution in [0.5, 0.6) is 0 Å². The van der Waals surface area contributed by atoms with Crippen LogP contribution < -0.4 is 21.5 Å². The molecule has 0 fully saturated rings. The van der Waals surface area contributed by atoms with Crippen LogP contribution in [0.3, 0.4) is 0 Å². The Balaban J connectivity index is 1.77. The SMILES string of the molecule is CNc1cc2c(C(C)C)c(=O)n(-c3cc(NC(=O)Nc4ccc(F)cc4)c(F)cc3F)cc2cn1. The van der Waals surface area contributed by atoms with Gasteiger partial charge in [0.1, 0.15) is 23.3 Å². The van der Waals surface area contributed by atoms with Gasteiger partial charge in [-0.25, -0.2) is 22.9 Å². The molecular weight excluding hydrogens is 459 g/mol. The fraction of sp³-hybridized carbons (Fsp3) is 0.160. The van der Waals surface area contributed by atoms with Crippen LogP contribution in [0.15, 0.2) is 59.7 Å². The van der Waals surface area contributed by atoms with Crippen LogP contribution in [0.2, 0.25) is 0 Å². The first-order valence-electron chi connectivity index (χ1n) is 10.7. The van der Waals surface area contributed by atoms with E-state index < -0.39 is 29.0 Å².